The molecule has 0 aliphatic rings. The molecule has 0 fully saturated rings. The van der Waals surface area contributed by atoms with Crippen LogP contribution in [0.4, 0.5) is 13.2 Å². The molecule has 0 aliphatic carbocycles. The zero-order valence-electron chi connectivity index (χ0n) is 9.60. The first-order valence-electron chi connectivity index (χ1n) is 5.06. The van der Waals surface area contributed by atoms with E-state index >= 15 is 0 Å². The summed E-state index contributed by atoms with van der Waals surface area (Å²) in [6.07, 6.45) is -4.49. The molecule has 0 atom stereocenters. The van der Waals surface area contributed by atoms with E-state index in [-0.39, 0.29) is 9.24 Å². The van der Waals surface area contributed by atoms with Crippen LogP contribution in [0.15, 0.2) is 38.9 Å². The standard InChI is InChI=1S/C11H8F3NO2S2/c1-7-6-18-10(15-7)19(16,17)9-4-2-8(3-5-9)11(12,13)14/h2-6H,1H3. The largest absolute Gasteiger partial charge is 0.416 e. The molecule has 1 aromatic carbocycles. The predicted octanol–water partition coefficient (Wildman–Crippen LogP) is 3.30. The molecular formula is C11H8F3NO2S2. The highest BCUT2D eigenvalue weighted by Gasteiger charge is 2.31. The van der Waals surface area contributed by atoms with Crippen molar-refractivity contribution in [3.63, 3.8) is 0 Å². The number of nitrogens with zero attached hydrogens (tertiary/aromatic N) is 1. The average Bonchev–Trinajstić information content (AvgIpc) is 2.76. The molecule has 0 saturated carbocycles. The Kier molecular flexibility index (Phi) is 3.40. The van der Waals surface area contributed by atoms with Crippen LogP contribution in [-0.4, -0.2) is 13.4 Å². The Hall–Kier alpha value is -1.41. The van der Waals surface area contributed by atoms with Crippen LogP contribution in [0.1, 0.15) is 11.3 Å². The van der Waals surface area contributed by atoms with Crippen LogP contribution in [0.25, 0.3) is 0 Å². The monoisotopic (exact) mass is 307 g/mol. The first-order valence-corrected chi connectivity index (χ1v) is 7.42. The minimum atomic E-state index is -4.49. The van der Waals surface area contributed by atoms with Crippen molar-refractivity contribution >= 4 is 21.2 Å². The maximum absolute atomic E-state index is 12.4. The highest BCUT2D eigenvalue weighted by Crippen LogP contribution is 2.31. The van der Waals surface area contributed by atoms with E-state index in [0.717, 1.165) is 35.6 Å². The molecule has 0 radical (unpaired) electrons. The van der Waals surface area contributed by atoms with Gasteiger partial charge in [0.2, 0.25) is 14.2 Å². The number of hydrogen-bond donors (Lipinski definition) is 0. The third-order valence-electron chi connectivity index (χ3n) is 2.32. The minimum absolute atomic E-state index is 0.121. The van der Waals surface area contributed by atoms with Crippen LogP contribution in [0.3, 0.4) is 0 Å². The summed E-state index contributed by atoms with van der Waals surface area (Å²) in [5.74, 6) is 0. The topological polar surface area (TPSA) is 47.0 Å². The number of thiazole rings is 1. The van der Waals surface area contributed by atoms with Gasteiger partial charge in [0.1, 0.15) is 0 Å². The maximum atomic E-state index is 12.4. The molecule has 0 bridgehead atoms. The molecule has 1 heterocycles. The Morgan fingerprint density at radius 1 is 1.16 bits per heavy atom. The Bertz CT molecular complexity index is 687. The van der Waals surface area contributed by atoms with Crippen LogP contribution in [0.2, 0.25) is 0 Å². The summed E-state index contributed by atoms with van der Waals surface area (Å²) < 4.78 is 61.2. The van der Waals surface area contributed by atoms with Gasteiger partial charge < -0.3 is 0 Å². The van der Waals surface area contributed by atoms with Gasteiger partial charge in [-0.15, -0.1) is 11.3 Å². The maximum Gasteiger partial charge on any atom is 0.416 e. The second kappa shape index (κ2) is 4.61. The molecule has 1 aromatic heterocycles. The van der Waals surface area contributed by atoms with Gasteiger partial charge in [0, 0.05) is 11.1 Å². The Balaban J connectivity index is 2.43. The van der Waals surface area contributed by atoms with Crippen molar-refractivity contribution in [3.8, 4) is 0 Å². The summed E-state index contributed by atoms with van der Waals surface area (Å²) in [5.41, 5.74) is -0.336. The van der Waals surface area contributed by atoms with Gasteiger partial charge in [-0.3, -0.25) is 0 Å². The average molecular weight is 307 g/mol. The summed E-state index contributed by atoms with van der Waals surface area (Å²) in [6.45, 7) is 1.64. The number of halogens is 3. The van der Waals surface area contributed by atoms with Crippen LogP contribution >= 0.6 is 11.3 Å². The first kappa shape index (κ1) is 14.0. The third-order valence-corrected chi connectivity index (χ3v) is 5.46. The highest BCUT2D eigenvalue weighted by molar-refractivity contribution is 7.93. The van der Waals surface area contributed by atoms with Gasteiger partial charge in [-0.25, -0.2) is 13.4 Å². The third kappa shape index (κ3) is 2.79. The highest BCUT2D eigenvalue weighted by atomic mass is 32.2. The summed E-state index contributed by atoms with van der Waals surface area (Å²) >= 11 is 0.940. The minimum Gasteiger partial charge on any atom is -0.230 e. The smallest absolute Gasteiger partial charge is 0.230 e. The summed E-state index contributed by atoms with van der Waals surface area (Å²) in [5, 5.41) is 1.57. The van der Waals surface area contributed by atoms with E-state index in [2.05, 4.69) is 4.98 Å². The first-order chi connectivity index (χ1) is 8.71. The number of aryl methyl sites for hydroxylation is 1. The van der Waals surface area contributed by atoms with Crippen LogP contribution in [0.5, 0.6) is 0 Å². The van der Waals surface area contributed by atoms with Gasteiger partial charge >= 0.3 is 6.18 Å². The van der Waals surface area contributed by atoms with Gasteiger partial charge in [-0.05, 0) is 31.2 Å². The van der Waals surface area contributed by atoms with E-state index < -0.39 is 21.6 Å². The van der Waals surface area contributed by atoms with Gasteiger partial charge in [-0.1, -0.05) is 0 Å². The van der Waals surface area contributed by atoms with Crippen molar-refractivity contribution in [2.24, 2.45) is 0 Å². The van der Waals surface area contributed by atoms with Crippen LogP contribution in [0, 0.1) is 6.92 Å². The van der Waals surface area contributed by atoms with E-state index in [4.69, 9.17) is 0 Å². The molecule has 8 heteroatoms. The summed E-state index contributed by atoms with van der Waals surface area (Å²) in [6, 6.07) is 3.37. The lowest BCUT2D eigenvalue weighted by atomic mass is 10.2. The zero-order chi connectivity index (χ0) is 14.3. The molecular weight excluding hydrogens is 299 g/mol. The lowest BCUT2D eigenvalue weighted by molar-refractivity contribution is -0.137. The molecule has 0 spiro atoms. The van der Waals surface area contributed by atoms with Crippen molar-refractivity contribution in [3.05, 3.63) is 40.9 Å². The van der Waals surface area contributed by atoms with E-state index in [0.29, 0.717) is 5.69 Å². The number of aromatic nitrogens is 1. The Morgan fingerprint density at radius 3 is 2.16 bits per heavy atom. The van der Waals surface area contributed by atoms with E-state index in [1.165, 1.54) is 0 Å². The SMILES string of the molecule is Cc1csc(S(=O)(=O)c2ccc(C(F)(F)F)cc2)n1. The lowest BCUT2D eigenvalue weighted by Gasteiger charge is -2.07. The zero-order valence-corrected chi connectivity index (χ0v) is 11.2. The van der Waals surface area contributed by atoms with Gasteiger partial charge in [0.05, 0.1) is 10.5 Å². The Labute approximate surface area is 111 Å². The fraction of sp³-hybridized carbons (Fsp3) is 0.182. The van der Waals surface area contributed by atoms with Crippen molar-refractivity contribution < 1.29 is 21.6 Å². The second-order valence-corrected chi connectivity index (χ2v) is 6.76. The molecule has 0 amide bonds. The van der Waals surface area contributed by atoms with Crippen molar-refractivity contribution in [1.82, 2.24) is 4.98 Å². The van der Waals surface area contributed by atoms with E-state index in [1.807, 2.05) is 0 Å². The molecule has 0 N–H and O–H groups in total. The number of sulfone groups is 1. The van der Waals surface area contributed by atoms with Crippen molar-refractivity contribution in [2.75, 3.05) is 0 Å². The second-order valence-electron chi connectivity index (χ2n) is 3.78. The van der Waals surface area contributed by atoms with Gasteiger partial charge in [0.15, 0.2) is 0 Å². The molecule has 0 unspecified atom stereocenters. The number of benzene rings is 1. The number of rotatable bonds is 2. The fourth-order valence-corrected chi connectivity index (χ4v) is 3.80. The van der Waals surface area contributed by atoms with Crippen LogP contribution < -0.4 is 0 Å². The predicted molar refractivity (Wildman–Crippen MR) is 63.7 cm³/mol. The van der Waals surface area contributed by atoms with Crippen molar-refractivity contribution in [1.29, 1.82) is 0 Å². The molecule has 2 aromatic rings. The lowest BCUT2D eigenvalue weighted by Crippen LogP contribution is -2.06. The Morgan fingerprint density at radius 2 is 1.74 bits per heavy atom. The van der Waals surface area contributed by atoms with Gasteiger partial charge in [0.25, 0.3) is 0 Å². The molecule has 3 nitrogen and oxygen atoms in total. The summed E-state index contributed by atoms with van der Waals surface area (Å²) in [7, 11) is -3.84. The molecule has 102 valence electrons. The molecule has 2 rings (SSSR count). The number of alkyl halides is 3. The van der Waals surface area contributed by atoms with Crippen LogP contribution in [-0.2, 0) is 16.0 Å². The van der Waals surface area contributed by atoms with Crippen molar-refractivity contribution in [2.45, 2.75) is 22.3 Å². The summed E-state index contributed by atoms with van der Waals surface area (Å²) in [4.78, 5) is 3.64. The molecule has 19 heavy (non-hydrogen) atoms. The molecule has 0 aliphatic heterocycles. The van der Waals surface area contributed by atoms with E-state index in [9.17, 15) is 21.6 Å². The quantitative estimate of drug-likeness (QED) is 0.855. The fourth-order valence-electron chi connectivity index (χ4n) is 1.38. The van der Waals surface area contributed by atoms with E-state index in [1.54, 1.807) is 12.3 Å². The van der Waals surface area contributed by atoms with Gasteiger partial charge in [-0.2, -0.15) is 13.2 Å². The number of hydrogen-bond acceptors (Lipinski definition) is 4. The normalized spacial score (nSPS) is 12.6. The molecule has 0 saturated heterocycles.